The maximum atomic E-state index is 12.8. The molecule has 6 nitrogen and oxygen atoms in total. The summed E-state index contributed by atoms with van der Waals surface area (Å²) in [6, 6.07) is 8.56. The molecule has 0 saturated heterocycles. The molecule has 0 aliphatic heterocycles. The number of pyridine rings is 1. The first kappa shape index (κ1) is 18.9. The maximum absolute atomic E-state index is 12.8. The number of aryl methyl sites for hydroxylation is 2. The molecule has 0 saturated carbocycles. The minimum atomic E-state index is -4.52. The van der Waals surface area contributed by atoms with Crippen molar-refractivity contribution in [1.82, 2.24) is 14.8 Å². The molecular formula is C17H15F3N4O2S. The molecule has 0 bridgehead atoms. The maximum Gasteiger partial charge on any atom is 0.417 e. The number of hydrogen-bond acceptors (Lipinski definition) is 4. The number of nitrogens with zero attached hydrogens (tertiary/aromatic N) is 3. The number of sulfonamides is 1. The smallest absolute Gasteiger partial charge is 0.263 e. The lowest BCUT2D eigenvalue weighted by Gasteiger charge is -2.13. The van der Waals surface area contributed by atoms with Crippen LogP contribution in [0.3, 0.4) is 0 Å². The summed E-state index contributed by atoms with van der Waals surface area (Å²) < 4.78 is 67.0. The molecule has 0 amide bonds. The molecule has 3 rings (SSSR count). The van der Waals surface area contributed by atoms with Gasteiger partial charge in [-0.1, -0.05) is 17.7 Å². The van der Waals surface area contributed by atoms with Crippen LogP contribution in [0.5, 0.6) is 0 Å². The minimum Gasteiger partial charge on any atom is -0.263 e. The fourth-order valence-corrected chi connectivity index (χ4v) is 3.45. The number of halogens is 3. The van der Waals surface area contributed by atoms with E-state index in [0.717, 1.165) is 16.3 Å². The van der Waals surface area contributed by atoms with E-state index >= 15 is 0 Å². The summed E-state index contributed by atoms with van der Waals surface area (Å²) in [6.45, 7) is 3.27. The van der Waals surface area contributed by atoms with Crippen LogP contribution in [0.25, 0.3) is 5.82 Å². The van der Waals surface area contributed by atoms with E-state index in [1.807, 2.05) is 6.92 Å². The van der Waals surface area contributed by atoms with Crippen LogP contribution in [-0.2, 0) is 16.2 Å². The third-order valence-electron chi connectivity index (χ3n) is 3.79. The molecule has 0 aliphatic carbocycles. The average Bonchev–Trinajstić information content (AvgIpc) is 3.01. The van der Waals surface area contributed by atoms with Crippen molar-refractivity contribution in [2.45, 2.75) is 24.9 Å². The van der Waals surface area contributed by atoms with E-state index in [1.54, 1.807) is 12.1 Å². The zero-order chi connectivity index (χ0) is 19.8. The number of benzene rings is 1. The summed E-state index contributed by atoms with van der Waals surface area (Å²) in [4.78, 5) is 3.86. The molecule has 1 aromatic carbocycles. The Hall–Kier alpha value is -2.88. The van der Waals surface area contributed by atoms with Crippen molar-refractivity contribution in [2.75, 3.05) is 4.72 Å². The lowest BCUT2D eigenvalue weighted by molar-refractivity contribution is -0.137. The quantitative estimate of drug-likeness (QED) is 0.730. The predicted molar refractivity (Wildman–Crippen MR) is 93.1 cm³/mol. The van der Waals surface area contributed by atoms with Crippen molar-refractivity contribution in [3.63, 3.8) is 0 Å². The minimum absolute atomic E-state index is 0.0537. The SMILES string of the molecule is Cc1ccc(S(=O)(=O)Nc2ccnn2-c2ncc(C(F)(F)F)cc2C)cc1. The van der Waals surface area contributed by atoms with E-state index in [9.17, 15) is 21.6 Å². The highest BCUT2D eigenvalue weighted by molar-refractivity contribution is 7.92. The standard InChI is InChI=1S/C17H15F3N4O2S/c1-11-3-5-14(6-4-11)27(25,26)23-15-7-8-22-24(15)16-12(2)9-13(10-21-16)17(18,19)20/h3-10,23H,1-2H3. The van der Waals surface area contributed by atoms with Crippen molar-refractivity contribution in [3.8, 4) is 5.82 Å². The van der Waals surface area contributed by atoms with Crippen molar-refractivity contribution < 1.29 is 21.6 Å². The van der Waals surface area contributed by atoms with Gasteiger partial charge in [-0.15, -0.1) is 0 Å². The van der Waals surface area contributed by atoms with E-state index in [0.29, 0.717) is 6.20 Å². The number of nitrogens with one attached hydrogen (secondary N) is 1. The summed E-state index contributed by atoms with van der Waals surface area (Å²) in [5, 5.41) is 3.98. The number of rotatable bonds is 4. The van der Waals surface area contributed by atoms with Gasteiger partial charge < -0.3 is 0 Å². The Morgan fingerprint density at radius 1 is 1.07 bits per heavy atom. The van der Waals surface area contributed by atoms with Gasteiger partial charge in [0.1, 0.15) is 5.82 Å². The Labute approximate surface area is 153 Å². The lowest BCUT2D eigenvalue weighted by Crippen LogP contribution is -2.17. The van der Waals surface area contributed by atoms with Gasteiger partial charge in [-0.2, -0.15) is 23.0 Å². The highest BCUT2D eigenvalue weighted by Gasteiger charge is 2.31. The first-order chi connectivity index (χ1) is 12.6. The molecule has 3 aromatic rings. The molecule has 0 radical (unpaired) electrons. The summed E-state index contributed by atoms with van der Waals surface area (Å²) in [6.07, 6.45) is -2.51. The highest BCUT2D eigenvalue weighted by atomic mass is 32.2. The number of aromatic nitrogens is 3. The van der Waals surface area contributed by atoms with E-state index in [-0.39, 0.29) is 22.1 Å². The van der Waals surface area contributed by atoms with Crippen LogP contribution in [0, 0.1) is 13.8 Å². The molecule has 142 valence electrons. The second kappa shape index (κ2) is 6.69. The first-order valence-corrected chi connectivity index (χ1v) is 9.24. The van der Waals surface area contributed by atoms with Gasteiger partial charge in [0.25, 0.3) is 10.0 Å². The molecule has 0 spiro atoms. The second-order valence-electron chi connectivity index (χ2n) is 5.91. The molecule has 2 aromatic heterocycles. The first-order valence-electron chi connectivity index (χ1n) is 7.76. The summed E-state index contributed by atoms with van der Waals surface area (Å²) in [7, 11) is -3.89. The summed E-state index contributed by atoms with van der Waals surface area (Å²) >= 11 is 0. The van der Waals surface area contributed by atoms with E-state index in [2.05, 4.69) is 14.8 Å². The van der Waals surface area contributed by atoms with Gasteiger partial charge in [0.05, 0.1) is 16.7 Å². The fourth-order valence-electron chi connectivity index (χ4n) is 2.41. The van der Waals surface area contributed by atoms with Crippen molar-refractivity contribution in [3.05, 3.63) is 65.5 Å². The van der Waals surface area contributed by atoms with Gasteiger partial charge >= 0.3 is 6.18 Å². The largest absolute Gasteiger partial charge is 0.417 e. The summed E-state index contributed by atoms with van der Waals surface area (Å²) in [5.41, 5.74) is 0.213. The number of alkyl halides is 3. The van der Waals surface area contributed by atoms with E-state index < -0.39 is 21.8 Å². The van der Waals surface area contributed by atoms with Gasteiger partial charge in [0.15, 0.2) is 5.82 Å². The molecule has 10 heteroatoms. The molecule has 0 fully saturated rings. The molecule has 1 N–H and O–H groups in total. The van der Waals surface area contributed by atoms with Gasteiger partial charge in [0, 0.05) is 12.3 Å². The van der Waals surface area contributed by atoms with Crippen LogP contribution in [0.1, 0.15) is 16.7 Å². The third-order valence-corrected chi connectivity index (χ3v) is 5.16. The molecule has 0 unspecified atom stereocenters. The van der Waals surface area contributed by atoms with E-state index in [1.165, 1.54) is 31.3 Å². The molecular weight excluding hydrogens is 381 g/mol. The van der Waals surface area contributed by atoms with Crippen LogP contribution in [0.15, 0.2) is 53.7 Å². The Balaban J connectivity index is 1.96. The zero-order valence-electron chi connectivity index (χ0n) is 14.3. The molecule has 0 atom stereocenters. The van der Waals surface area contributed by atoms with E-state index in [4.69, 9.17) is 0 Å². The van der Waals surface area contributed by atoms with Gasteiger partial charge in [-0.3, -0.25) is 4.72 Å². The van der Waals surface area contributed by atoms with Crippen molar-refractivity contribution in [1.29, 1.82) is 0 Å². The summed E-state index contributed by atoms with van der Waals surface area (Å²) in [5.74, 6) is 0.153. The van der Waals surface area contributed by atoms with Gasteiger partial charge in [0.2, 0.25) is 0 Å². The lowest BCUT2D eigenvalue weighted by atomic mass is 10.2. The third kappa shape index (κ3) is 3.95. The fraction of sp³-hybridized carbons (Fsp3) is 0.176. The monoisotopic (exact) mass is 396 g/mol. The van der Waals surface area contributed by atoms with Crippen LogP contribution < -0.4 is 4.72 Å². The predicted octanol–water partition coefficient (Wildman–Crippen LogP) is 3.70. The van der Waals surface area contributed by atoms with Crippen LogP contribution >= 0.6 is 0 Å². The van der Waals surface area contributed by atoms with Gasteiger partial charge in [-0.05, 0) is 37.6 Å². The van der Waals surface area contributed by atoms with Crippen LogP contribution in [0.4, 0.5) is 19.0 Å². The molecule has 0 aliphatic rings. The molecule has 2 heterocycles. The van der Waals surface area contributed by atoms with Crippen LogP contribution in [-0.4, -0.2) is 23.2 Å². The number of anilines is 1. The highest BCUT2D eigenvalue weighted by Crippen LogP contribution is 2.30. The Kier molecular flexibility index (Phi) is 4.68. The topological polar surface area (TPSA) is 76.9 Å². The van der Waals surface area contributed by atoms with Gasteiger partial charge in [-0.25, -0.2) is 13.4 Å². The Morgan fingerprint density at radius 3 is 2.33 bits per heavy atom. The Morgan fingerprint density at radius 2 is 1.74 bits per heavy atom. The van der Waals surface area contributed by atoms with Crippen molar-refractivity contribution in [2.24, 2.45) is 0 Å². The molecule has 27 heavy (non-hydrogen) atoms. The Bertz CT molecular complexity index is 1070. The average molecular weight is 396 g/mol. The zero-order valence-corrected chi connectivity index (χ0v) is 15.1. The second-order valence-corrected chi connectivity index (χ2v) is 7.59. The normalized spacial score (nSPS) is 12.2. The van der Waals surface area contributed by atoms with Crippen LogP contribution in [0.2, 0.25) is 0 Å². The number of hydrogen-bond donors (Lipinski definition) is 1. The van der Waals surface area contributed by atoms with Crippen molar-refractivity contribution >= 4 is 15.8 Å².